The minimum atomic E-state index is -0.303. The number of carbonyl (C=O) groups is 1. The molecule has 0 bridgehead atoms. The Labute approximate surface area is 197 Å². The zero-order chi connectivity index (χ0) is 22.6. The molecule has 1 amide bonds. The quantitative estimate of drug-likeness (QED) is 0.386. The van der Waals surface area contributed by atoms with Crippen LogP contribution in [0.1, 0.15) is 18.1 Å². The zero-order valence-corrected chi connectivity index (χ0v) is 19.2. The van der Waals surface area contributed by atoms with Gasteiger partial charge in [-0.3, -0.25) is 4.79 Å². The fraction of sp³-hybridized carbons (Fsp3) is 0.185. The van der Waals surface area contributed by atoms with Gasteiger partial charge in [-0.1, -0.05) is 96.7 Å². The number of nitrogens with zero attached hydrogens (tertiary/aromatic N) is 4. The number of hydrogen-bond donors (Lipinski definition) is 0. The molecule has 0 radical (unpaired) electrons. The highest BCUT2D eigenvalue weighted by atomic mass is 32.2. The third-order valence-corrected chi connectivity index (χ3v) is 6.77. The molecule has 0 N–H and O–H groups in total. The smallest absolute Gasteiger partial charge is 0.236 e. The number of rotatable bonds is 5. The summed E-state index contributed by atoms with van der Waals surface area (Å²) in [5, 5.41) is 9.10. The lowest BCUT2D eigenvalue weighted by Crippen LogP contribution is -2.40. The lowest BCUT2D eigenvalue weighted by molar-refractivity contribution is -0.131. The molecule has 33 heavy (non-hydrogen) atoms. The lowest BCUT2D eigenvalue weighted by atomic mass is 10.00. The molecule has 0 saturated carbocycles. The Hall–Kier alpha value is -3.51. The Morgan fingerprint density at radius 2 is 1.42 bits per heavy atom. The molecule has 6 heteroatoms. The van der Waals surface area contributed by atoms with Gasteiger partial charge in [0.2, 0.25) is 11.1 Å². The molecule has 5 nitrogen and oxygen atoms in total. The largest absolute Gasteiger partial charge is 0.337 e. The highest BCUT2D eigenvalue weighted by Crippen LogP contribution is 2.31. The van der Waals surface area contributed by atoms with Gasteiger partial charge in [-0.15, -0.1) is 10.2 Å². The minimum absolute atomic E-state index is 0.103. The summed E-state index contributed by atoms with van der Waals surface area (Å²) in [5.41, 5.74) is 6.00. The summed E-state index contributed by atoms with van der Waals surface area (Å²) < 4.78 is 0. The van der Waals surface area contributed by atoms with Gasteiger partial charge in [0.15, 0.2) is 0 Å². The van der Waals surface area contributed by atoms with E-state index < -0.39 is 0 Å². The van der Waals surface area contributed by atoms with E-state index in [1.807, 2.05) is 78.6 Å². The SMILES string of the molecule is CC(Sc1nnc(-c2ccccc2)c(-c2ccccc2)n1)C(=O)N1CCc2ccccc2C1. The van der Waals surface area contributed by atoms with Crippen molar-refractivity contribution in [2.24, 2.45) is 0 Å². The van der Waals surface area contributed by atoms with Crippen molar-refractivity contribution in [2.45, 2.75) is 30.3 Å². The summed E-state index contributed by atoms with van der Waals surface area (Å²) in [6.07, 6.45) is 0.890. The van der Waals surface area contributed by atoms with Gasteiger partial charge < -0.3 is 4.90 Å². The summed E-state index contributed by atoms with van der Waals surface area (Å²) in [6, 6.07) is 28.3. The third-order valence-electron chi connectivity index (χ3n) is 5.83. The van der Waals surface area contributed by atoms with Crippen molar-refractivity contribution in [3.05, 3.63) is 96.1 Å². The summed E-state index contributed by atoms with van der Waals surface area (Å²) in [5.74, 6) is 0.103. The van der Waals surface area contributed by atoms with Crippen LogP contribution in [0.2, 0.25) is 0 Å². The predicted octanol–water partition coefficient (Wildman–Crippen LogP) is 5.27. The molecule has 4 aromatic rings. The Morgan fingerprint density at radius 1 is 0.818 bits per heavy atom. The molecule has 1 atom stereocenters. The van der Waals surface area contributed by atoms with E-state index in [0.29, 0.717) is 11.7 Å². The van der Waals surface area contributed by atoms with Gasteiger partial charge in [0.05, 0.1) is 5.25 Å². The van der Waals surface area contributed by atoms with Crippen molar-refractivity contribution in [1.29, 1.82) is 0 Å². The molecule has 0 fully saturated rings. The first-order valence-electron chi connectivity index (χ1n) is 11.1. The fourth-order valence-electron chi connectivity index (χ4n) is 4.10. The maximum Gasteiger partial charge on any atom is 0.236 e. The normalized spacial score (nSPS) is 13.9. The first-order valence-corrected chi connectivity index (χ1v) is 11.9. The second-order valence-electron chi connectivity index (χ2n) is 8.06. The summed E-state index contributed by atoms with van der Waals surface area (Å²) in [6.45, 7) is 3.31. The van der Waals surface area contributed by atoms with Crippen molar-refractivity contribution < 1.29 is 4.79 Å². The zero-order valence-electron chi connectivity index (χ0n) is 18.4. The Morgan fingerprint density at radius 3 is 2.12 bits per heavy atom. The fourth-order valence-corrected chi connectivity index (χ4v) is 4.90. The standard InChI is InChI=1S/C27H24N4OS/c1-19(26(32)31-17-16-20-10-8-9-15-23(20)18-31)33-27-28-24(21-11-4-2-5-12-21)25(29-30-27)22-13-6-3-7-14-22/h2-15,19H,16-18H2,1H3. The van der Waals surface area contributed by atoms with Gasteiger partial charge >= 0.3 is 0 Å². The maximum absolute atomic E-state index is 13.2. The van der Waals surface area contributed by atoms with Crippen LogP contribution in [-0.4, -0.2) is 37.8 Å². The van der Waals surface area contributed by atoms with Crippen LogP contribution in [-0.2, 0) is 17.8 Å². The van der Waals surface area contributed by atoms with Crippen LogP contribution in [0.4, 0.5) is 0 Å². The van der Waals surface area contributed by atoms with Crippen molar-refractivity contribution in [3.63, 3.8) is 0 Å². The van der Waals surface area contributed by atoms with Crippen LogP contribution in [0.5, 0.6) is 0 Å². The monoisotopic (exact) mass is 452 g/mol. The van der Waals surface area contributed by atoms with Crippen LogP contribution < -0.4 is 0 Å². The van der Waals surface area contributed by atoms with Crippen molar-refractivity contribution in [3.8, 4) is 22.5 Å². The average Bonchev–Trinajstić information content (AvgIpc) is 2.89. The third kappa shape index (κ3) is 4.66. The molecule has 1 unspecified atom stereocenters. The molecule has 5 rings (SSSR count). The van der Waals surface area contributed by atoms with E-state index in [9.17, 15) is 4.79 Å². The first-order chi connectivity index (χ1) is 16.2. The second kappa shape index (κ2) is 9.55. The topological polar surface area (TPSA) is 59.0 Å². The van der Waals surface area contributed by atoms with Crippen LogP contribution >= 0.6 is 11.8 Å². The van der Waals surface area contributed by atoms with Gasteiger partial charge in [0.25, 0.3) is 0 Å². The molecule has 1 aliphatic heterocycles. The number of hydrogen-bond acceptors (Lipinski definition) is 5. The van der Waals surface area contributed by atoms with Crippen LogP contribution in [0.25, 0.3) is 22.5 Å². The van der Waals surface area contributed by atoms with Crippen LogP contribution in [0.15, 0.2) is 90.1 Å². The molecule has 0 spiro atoms. The van der Waals surface area contributed by atoms with Gasteiger partial charge in [-0.05, 0) is 24.5 Å². The lowest BCUT2D eigenvalue weighted by Gasteiger charge is -2.30. The molecular formula is C27H24N4OS. The predicted molar refractivity (Wildman–Crippen MR) is 132 cm³/mol. The molecule has 0 aliphatic carbocycles. The highest BCUT2D eigenvalue weighted by molar-refractivity contribution is 8.00. The number of benzene rings is 3. The van der Waals surface area contributed by atoms with E-state index in [1.165, 1.54) is 22.9 Å². The maximum atomic E-state index is 13.2. The second-order valence-corrected chi connectivity index (χ2v) is 9.37. The first kappa shape index (κ1) is 21.3. The number of thioether (sulfide) groups is 1. The molecule has 1 aromatic heterocycles. The Kier molecular flexibility index (Phi) is 6.17. The molecular weight excluding hydrogens is 428 g/mol. The average molecular weight is 453 g/mol. The van der Waals surface area contributed by atoms with Crippen LogP contribution in [0, 0.1) is 0 Å². The van der Waals surface area contributed by atoms with E-state index >= 15 is 0 Å². The minimum Gasteiger partial charge on any atom is -0.337 e. The highest BCUT2D eigenvalue weighted by Gasteiger charge is 2.26. The van der Waals surface area contributed by atoms with Gasteiger partial charge in [-0.2, -0.15) is 0 Å². The Bertz CT molecular complexity index is 1260. The molecule has 0 saturated heterocycles. The number of carbonyl (C=O) groups excluding carboxylic acids is 1. The summed E-state index contributed by atoms with van der Waals surface area (Å²) in [7, 11) is 0. The number of amides is 1. The molecule has 2 heterocycles. The van der Waals surface area contributed by atoms with E-state index in [-0.39, 0.29) is 11.2 Å². The summed E-state index contributed by atoms with van der Waals surface area (Å²) >= 11 is 1.36. The van der Waals surface area contributed by atoms with Gasteiger partial charge in [-0.25, -0.2) is 4.98 Å². The number of fused-ring (bicyclic) bond motifs is 1. The van der Waals surface area contributed by atoms with Crippen LogP contribution in [0.3, 0.4) is 0 Å². The molecule has 1 aliphatic rings. The van der Waals surface area contributed by atoms with Crippen molar-refractivity contribution in [1.82, 2.24) is 20.1 Å². The number of aromatic nitrogens is 3. The molecule has 3 aromatic carbocycles. The summed E-state index contributed by atoms with van der Waals surface area (Å²) in [4.78, 5) is 20.0. The van der Waals surface area contributed by atoms with E-state index in [1.54, 1.807) is 0 Å². The van der Waals surface area contributed by atoms with E-state index in [2.05, 4.69) is 28.4 Å². The van der Waals surface area contributed by atoms with E-state index in [4.69, 9.17) is 4.98 Å². The van der Waals surface area contributed by atoms with Gasteiger partial charge in [0, 0.05) is 24.2 Å². The van der Waals surface area contributed by atoms with Crippen molar-refractivity contribution in [2.75, 3.05) is 6.54 Å². The Balaban J connectivity index is 1.39. The molecule has 164 valence electrons. The van der Waals surface area contributed by atoms with Crippen molar-refractivity contribution >= 4 is 17.7 Å². The van der Waals surface area contributed by atoms with E-state index in [0.717, 1.165) is 35.5 Å². The van der Waals surface area contributed by atoms with Gasteiger partial charge in [0.1, 0.15) is 11.4 Å².